The Morgan fingerprint density at radius 1 is 1.30 bits per heavy atom. The Hall–Kier alpha value is -2.76. The summed E-state index contributed by atoms with van der Waals surface area (Å²) >= 11 is 0. The highest BCUT2D eigenvalue weighted by Crippen LogP contribution is 2.34. The van der Waals surface area contributed by atoms with Crippen LogP contribution < -0.4 is 9.81 Å². The van der Waals surface area contributed by atoms with Crippen molar-refractivity contribution >= 4 is 27.2 Å². The van der Waals surface area contributed by atoms with Gasteiger partial charge in [0.1, 0.15) is 11.3 Å². The Kier molecular flexibility index (Phi) is 4.33. The number of aryl methyl sites for hydroxylation is 1. The Balaban J connectivity index is 2.13. The smallest absolute Gasteiger partial charge is 0.465 e. The van der Waals surface area contributed by atoms with Gasteiger partial charge in [-0.3, -0.25) is 0 Å². The van der Waals surface area contributed by atoms with E-state index in [0.717, 1.165) is 11.0 Å². The van der Waals surface area contributed by atoms with Crippen molar-refractivity contribution in [1.29, 1.82) is 0 Å². The highest BCUT2D eigenvalue weighted by Gasteiger charge is 2.48. The molecule has 12 heteroatoms. The summed E-state index contributed by atoms with van der Waals surface area (Å²) < 4.78 is 69.2. The second kappa shape index (κ2) is 6.15. The Morgan fingerprint density at radius 2 is 1.96 bits per heavy atom. The maximum Gasteiger partial charge on any atom is 0.534 e. The molecule has 1 amide bonds. The summed E-state index contributed by atoms with van der Waals surface area (Å²) in [6, 6.07) is 2.31. The number of amides is 1. The standard InChI is InChI=1S/C15H12F3NO7S/c1-7-11(26-27(23,24)15(16,17)18)3-2-9-8-4-5-19(14(21)22)6-10(8)13(20)25-12(7)9/h2-3H,4-6H2,1H3,(H,21,22). The van der Waals surface area contributed by atoms with Crippen LogP contribution in [0.15, 0.2) is 21.3 Å². The number of alkyl halides is 3. The van der Waals surface area contributed by atoms with Crippen LogP contribution in [0.25, 0.3) is 11.0 Å². The molecule has 1 aliphatic rings. The van der Waals surface area contributed by atoms with Crippen LogP contribution in [0.5, 0.6) is 5.75 Å². The lowest BCUT2D eigenvalue weighted by atomic mass is 9.96. The second-order valence-electron chi connectivity index (χ2n) is 5.85. The van der Waals surface area contributed by atoms with Gasteiger partial charge in [-0.2, -0.15) is 21.6 Å². The number of rotatable bonds is 2. The number of benzene rings is 1. The molecule has 146 valence electrons. The van der Waals surface area contributed by atoms with Crippen LogP contribution in [0.1, 0.15) is 16.7 Å². The van der Waals surface area contributed by atoms with Crippen molar-refractivity contribution in [3.8, 4) is 5.75 Å². The first-order chi connectivity index (χ1) is 12.4. The highest BCUT2D eigenvalue weighted by molar-refractivity contribution is 7.88. The van der Waals surface area contributed by atoms with E-state index >= 15 is 0 Å². The largest absolute Gasteiger partial charge is 0.534 e. The molecule has 1 aromatic carbocycles. The predicted molar refractivity (Wildman–Crippen MR) is 85.0 cm³/mol. The summed E-state index contributed by atoms with van der Waals surface area (Å²) in [5, 5.41) is 9.43. The van der Waals surface area contributed by atoms with Crippen molar-refractivity contribution in [1.82, 2.24) is 4.90 Å². The van der Waals surface area contributed by atoms with Crippen LogP contribution in [-0.2, 0) is 23.1 Å². The first-order valence-corrected chi connectivity index (χ1v) is 8.90. The third-order valence-electron chi connectivity index (χ3n) is 4.22. The summed E-state index contributed by atoms with van der Waals surface area (Å²) in [6.07, 6.45) is -0.998. The van der Waals surface area contributed by atoms with Gasteiger partial charge < -0.3 is 18.6 Å². The Bertz CT molecular complexity index is 1110. The molecule has 27 heavy (non-hydrogen) atoms. The zero-order chi connectivity index (χ0) is 20.1. The Morgan fingerprint density at radius 3 is 2.56 bits per heavy atom. The fourth-order valence-electron chi connectivity index (χ4n) is 2.86. The van der Waals surface area contributed by atoms with E-state index < -0.39 is 33.1 Å². The van der Waals surface area contributed by atoms with Gasteiger partial charge in [0.05, 0.1) is 12.1 Å². The average Bonchev–Trinajstić information content (AvgIpc) is 2.56. The normalized spacial score (nSPS) is 14.9. The van der Waals surface area contributed by atoms with Crippen LogP contribution in [-0.4, -0.2) is 36.6 Å². The first-order valence-electron chi connectivity index (χ1n) is 7.49. The van der Waals surface area contributed by atoms with Crippen molar-refractivity contribution in [3.05, 3.63) is 39.2 Å². The van der Waals surface area contributed by atoms with Crippen molar-refractivity contribution in [2.75, 3.05) is 6.54 Å². The van der Waals surface area contributed by atoms with Crippen molar-refractivity contribution in [3.63, 3.8) is 0 Å². The molecule has 1 aliphatic heterocycles. The number of fused-ring (bicyclic) bond motifs is 3. The van der Waals surface area contributed by atoms with Gasteiger partial charge in [-0.05, 0) is 31.0 Å². The molecule has 0 fully saturated rings. The SMILES string of the molecule is Cc1c(OS(=O)(=O)C(F)(F)F)ccc2c3c(c(=O)oc12)CN(C(=O)O)CC3. The number of hydrogen-bond donors (Lipinski definition) is 1. The molecule has 1 aromatic heterocycles. The molecule has 0 saturated heterocycles. The molecule has 0 spiro atoms. The summed E-state index contributed by atoms with van der Waals surface area (Å²) in [6.45, 7) is 1.20. The van der Waals surface area contributed by atoms with Gasteiger partial charge in [-0.25, -0.2) is 9.59 Å². The summed E-state index contributed by atoms with van der Waals surface area (Å²) in [4.78, 5) is 24.3. The third kappa shape index (κ3) is 3.20. The number of nitrogens with zero attached hydrogens (tertiary/aromatic N) is 1. The monoisotopic (exact) mass is 407 g/mol. The average molecular weight is 407 g/mol. The van der Waals surface area contributed by atoms with Gasteiger partial charge in [0.25, 0.3) is 0 Å². The fraction of sp³-hybridized carbons (Fsp3) is 0.333. The molecule has 8 nitrogen and oxygen atoms in total. The third-order valence-corrected chi connectivity index (χ3v) is 5.19. The van der Waals surface area contributed by atoms with Crippen LogP contribution >= 0.6 is 0 Å². The fourth-order valence-corrected chi connectivity index (χ4v) is 3.38. The van der Waals surface area contributed by atoms with E-state index in [0.29, 0.717) is 10.9 Å². The molecule has 0 radical (unpaired) electrons. The summed E-state index contributed by atoms with van der Waals surface area (Å²) in [5.41, 5.74) is -6.02. The molecule has 3 rings (SSSR count). The molecule has 0 unspecified atom stereocenters. The minimum absolute atomic E-state index is 0.0964. The predicted octanol–water partition coefficient (Wildman–Crippen LogP) is 2.37. The highest BCUT2D eigenvalue weighted by atomic mass is 32.2. The molecular weight excluding hydrogens is 395 g/mol. The van der Waals surface area contributed by atoms with E-state index in [1.165, 1.54) is 13.0 Å². The lowest BCUT2D eigenvalue weighted by Gasteiger charge is -2.26. The van der Waals surface area contributed by atoms with Crippen LogP contribution in [0.2, 0.25) is 0 Å². The molecular formula is C15H12F3NO7S. The molecule has 1 N–H and O–H groups in total. The van der Waals surface area contributed by atoms with E-state index in [1.807, 2.05) is 0 Å². The number of halogens is 3. The van der Waals surface area contributed by atoms with Gasteiger partial charge in [-0.1, -0.05) is 0 Å². The molecule has 2 aromatic rings. The van der Waals surface area contributed by atoms with E-state index in [1.54, 1.807) is 0 Å². The van der Waals surface area contributed by atoms with E-state index in [2.05, 4.69) is 4.18 Å². The molecule has 0 aliphatic carbocycles. The van der Waals surface area contributed by atoms with Crippen molar-refractivity contribution in [2.45, 2.75) is 25.4 Å². The van der Waals surface area contributed by atoms with E-state index in [9.17, 15) is 31.2 Å². The van der Waals surface area contributed by atoms with Gasteiger partial charge in [-0.15, -0.1) is 0 Å². The number of hydrogen-bond acceptors (Lipinski definition) is 6. The van der Waals surface area contributed by atoms with Crippen LogP contribution in [0.4, 0.5) is 18.0 Å². The molecule has 0 atom stereocenters. The zero-order valence-electron chi connectivity index (χ0n) is 13.7. The van der Waals surface area contributed by atoms with Gasteiger partial charge in [0.2, 0.25) is 0 Å². The maximum absolute atomic E-state index is 12.5. The van der Waals surface area contributed by atoms with Crippen LogP contribution in [0, 0.1) is 6.92 Å². The number of carboxylic acid groups (broad SMARTS) is 1. The molecule has 0 bridgehead atoms. The first kappa shape index (κ1) is 19.0. The van der Waals surface area contributed by atoms with E-state index in [-0.39, 0.29) is 36.2 Å². The van der Waals surface area contributed by atoms with Gasteiger partial charge in [0.15, 0.2) is 0 Å². The summed E-state index contributed by atoms with van der Waals surface area (Å²) in [5.74, 6) is -0.620. The van der Waals surface area contributed by atoms with Gasteiger partial charge >= 0.3 is 27.3 Å². The lowest BCUT2D eigenvalue weighted by Crippen LogP contribution is -2.37. The minimum Gasteiger partial charge on any atom is -0.465 e. The lowest BCUT2D eigenvalue weighted by molar-refractivity contribution is -0.0500. The maximum atomic E-state index is 12.5. The van der Waals surface area contributed by atoms with Crippen molar-refractivity contribution in [2.24, 2.45) is 0 Å². The van der Waals surface area contributed by atoms with E-state index in [4.69, 9.17) is 9.52 Å². The second-order valence-corrected chi connectivity index (χ2v) is 7.39. The van der Waals surface area contributed by atoms with Gasteiger partial charge in [0, 0.05) is 17.5 Å². The minimum atomic E-state index is -5.88. The Labute approximate surface area is 149 Å². The van der Waals surface area contributed by atoms with Crippen molar-refractivity contribution < 1.29 is 40.1 Å². The number of carbonyl (C=O) groups is 1. The zero-order valence-corrected chi connectivity index (χ0v) is 14.5. The molecule has 0 saturated carbocycles. The summed E-state index contributed by atoms with van der Waals surface area (Å²) in [7, 11) is -5.88. The topological polar surface area (TPSA) is 114 Å². The van der Waals surface area contributed by atoms with Crippen LogP contribution in [0.3, 0.4) is 0 Å². The molecule has 2 heterocycles. The quantitative estimate of drug-likeness (QED) is 0.462.